The fourth-order valence-electron chi connectivity index (χ4n) is 3.95. The van der Waals surface area contributed by atoms with Crippen molar-refractivity contribution >= 4 is 52.1 Å². The molecule has 40 heavy (non-hydrogen) atoms. The van der Waals surface area contributed by atoms with Gasteiger partial charge in [0.1, 0.15) is 18.1 Å². The molecule has 0 radical (unpaired) electrons. The summed E-state index contributed by atoms with van der Waals surface area (Å²) in [7, 11) is 0. The summed E-state index contributed by atoms with van der Waals surface area (Å²) in [5, 5.41) is 6.82. The first-order chi connectivity index (χ1) is 19.5. The molecule has 0 aromatic heterocycles. The minimum atomic E-state index is -0.599. The molecular formula is C32H22Cl2N2O4. The van der Waals surface area contributed by atoms with Crippen LogP contribution in [0.15, 0.2) is 114 Å². The lowest BCUT2D eigenvalue weighted by Gasteiger charge is -2.11. The van der Waals surface area contributed by atoms with E-state index >= 15 is 0 Å². The number of hydrogen-bond acceptors (Lipinski definition) is 5. The van der Waals surface area contributed by atoms with Gasteiger partial charge in [0.15, 0.2) is 0 Å². The second-order valence-corrected chi connectivity index (χ2v) is 9.55. The van der Waals surface area contributed by atoms with Crippen LogP contribution >= 0.6 is 23.2 Å². The molecule has 5 rings (SSSR count). The summed E-state index contributed by atoms with van der Waals surface area (Å²) >= 11 is 12.1. The van der Waals surface area contributed by atoms with E-state index in [0.29, 0.717) is 28.5 Å². The Balaban J connectivity index is 1.29. The lowest BCUT2D eigenvalue weighted by Crippen LogP contribution is -2.17. The first kappa shape index (κ1) is 26.9. The first-order valence-electron chi connectivity index (χ1n) is 12.3. The minimum absolute atomic E-state index is 0.245. The number of carbonyl (C=O) groups excluding carboxylic acids is 2. The van der Waals surface area contributed by atoms with Gasteiger partial charge in [-0.2, -0.15) is 5.10 Å². The molecule has 8 heteroatoms. The number of nitrogens with zero attached hydrogens (tertiary/aromatic N) is 1. The van der Waals surface area contributed by atoms with Crippen molar-refractivity contribution in [2.75, 3.05) is 0 Å². The van der Waals surface area contributed by atoms with Crippen molar-refractivity contribution in [3.63, 3.8) is 0 Å². The van der Waals surface area contributed by atoms with Crippen molar-refractivity contribution in [2.45, 2.75) is 6.61 Å². The van der Waals surface area contributed by atoms with E-state index in [1.165, 1.54) is 6.21 Å². The van der Waals surface area contributed by atoms with Crippen LogP contribution in [0, 0.1) is 0 Å². The fraction of sp³-hybridized carbons (Fsp3) is 0.0312. The number of hydrogen-bond donors (Lipinski definition) is 1. The Morgan fingerprint density at radius 1 is 0.800 bits per heavy atom. The zero-order valence-electron chi connectivity index (χ0n) is 21.0. The predicted octanol–water partition coefficient (Wildman–Crippen LogP) is 7.71. The highest BCUT2D eigenvalue weighted by Gasteiger charge is 2.16. The van der Waals surface area contributed by atoms with Crippen LogP contribution < -0.4 is 14.9 Å². The van der Waals surface area contributed by atoms with Crippen molar-refractivity contribution in [3.05, 3.63) is 141 Å². The Morgan fingerprint density at radius 3 is 2.30 bits per heavy atom. The summed E-state index contributed by atoms with van der Waals surface area (Å²) in [4.78, 5) is 25.5. The topological polar surface area (TPSA) is 77.0 Å². The molecule has 0 unspecified atom stereocenters. The lowest BCUT2D eigenvalue weighted by atomic mass is 10.0. The standard InChI is InChI=1S/C32H22Cl2N2O4/c33-24-14-9-21(10-15-24)20-39-25-16-11-23(12-17-25)31(37)36-35-19-28-26-6-2-1-5-22(26)13-18-30(28)40-32(38)27-7-3-4-8-29(27)34/h1-19H,20H2,(H,36,37). The van der Waals surface area contributed by atoms with Gasteiger partial charge in [0, 0.05) is 16.1 Å². The van der Waals surface area contributed by atoms with Crippen LogP contribution in [-0.4, -0.2) is 18.1 Å². The van der Waals surface area contributed by atoms with E-state index in [1.807, 2.05) is 42.5 Å². The SMILES string of the molecule is O=C(NN=Cc1c(OC(=O)c2ccccc2Cl)ccc2ccccc12)c1ccc(OCc2ccc(Cl)cc2)cc1. The highest BCUT2D eigenvalue weighted by atomic mass is 35.5. The van der Waals surface area contributed by atoms with Crippen LogP contribution in [0.5, 0.6) is 11.5 Å². The molecule has 6 nitrogen and oxygen atoms in total. The monoisotopic (exact) mass is 568 g/mol. The zero-order valence-corrected chi connectivity index (χ0v) is 22.5. The molecule has 0 bridgehead atoms. The highest BCUT2D eigenvalue weighted by molar-refractivity contribution is 6.33. The van der Waals surface area contributed by atoms with Crippen molar-refractivity contribution < 1.29 is 19.1 Å². The molecule has 198 valence electrons. The molecule has 0 aliphatic carbocycles. The maximum Gasteiger partial charge on any atom is 0.345 e. The van der Waals surface area contributed by atoms with Gasteiger partial charge in [0.05, 0.1) is 16.8 Å². The fourth-order valence-corrected chi connectivity index (χ4v) is 4.29. The highest BCUT2D eigenvalue weighted by Crippen LogP contribution is 2.28. The Bertz CT molecular complexity index is 1700. The largest absolute Gasteiger partial charge is 0.489 e. The number of esters is 1. The number of fused-ring (bicyclic) bond motifs is 1. The van der Waals surface area contributed by atoms with Gasteiger partial charge in [-0.15, -0.1) is 0 Å². The molecule has 0 aliphatic rings. The molecule has 0 heterocycles. The van der Waals surface area contributed by atoms with Gasteiger partial charge in [-0.1, -0.05) is 77.8 Å². The Morgan fingerprint density at radius 2 is 1.52 bits per heavy atom. The number of hydrazone groups is 1. The number of amides is 1. The molecule has 0 saturated carbocycles. The van der Waals surface area contributed by atoms with Crippen LogP contribution in [-0.2, 0) is 6.61 Å². The average Bonchev–Trinajstić information content (AvgIpc) is 2.98. The maximum atomic E-state index is 12.8. The molecule has 0 spiro atoms. The molecule has 5 aromatic carbocycles. The van der Waals surface area contributed by atoms with E-state index in [0.717, 1.165) is 16.3 Å². The van der Waals surface area contributed by atoms with E-state index in [1.54, 1.807) is 66.7 Å². The summed E-state index contributed by atoms with van der Waals surface area (Å²) in [5.41, 5.74) is 4.69. The van der Waals surface area contributed by atoms with Gasteiger partial charge < -0.3 is 9.47 Å². The van der Waals surface area contributed by atoms with E-state index in [9.17, 15) is 9.59 Å². The van der Waals surface area contributed by atoms with Gasteiger partial charge in [-0.25, -0.2) is 10.2 Å². The molecule has 0 saturated heterocycles. The minimum Gasteiger partial charge on any atom is -0.489 e. The van der Waals surface area contributed by atoms with Crippen LogP contribution in [0.3, 0.4) is 0 Å². The molecule has 0 atom stereocenters. The van der Waals surface area contributed by atoms with E-state index in [4.69, 9.17) is 32.7 Å². The number of ether oxygens (including phenoxy) is 2. The summed E-state index contributed by atoms with van der Waals surface area (Å²) in [6.07, 6.45) is 1.46. The molecule has 0 aliphatic heterocycles. The Kier molecular flexibility index (Phi) is 8.40. The second kappa shape index (κ2) is 12.5. The second-order valence-electron chi connectivity index (χ2n) is 8.71. The lowest BCUT2D eigenvalue weighted by molar-refractivity contribution is 0.0734. The predicted molar refractivity (Wildman–Crippen MR) is 158 cm³/mol. The van der Waals surface area contributed by atoms with Gasteiger partial charge in [-0.05, 0) is 70.9 Å². The van der Waals surface area contributed by atoms with Gasteiger partial charge in [0.2, 0.25) is 0 Å². The normalized spacial score (nSPS) is 10.9. The van der Waals surface area contributed by atoms with Gasteiger partial charge >= 0.3 is 5.97 Å². The summed E-state index contributed by atoms with van der Waals surface area (Å²) in [5.74, 6) is -0.104. The summed E-state index contributed by atoms with van der Waals surface area (Å²) in [6, 6.07) is 31.9. The van der Waals surface area contributed by atoms with Crippen LogP contribution in [0.2, 0.25) is 10.0 Å². The third-order valence-electron chi connectivity index (χ3n) is 6.02. The quantitative estimate of drug-likeness (QED) is 0.0899. The third-order valence-corrected chi connectivity index (χ3v) is 6.60. The van der Waals surface area contributed by atoms with Crippen molar-refractivity contribution in [2.24, 2.45) is 5.10 Å². The molecule has 1 amide bonds. The Labute approximate surface area is 240 Å². The Hall–Kier alpha value is -4.65. The third kappa shape index (κ3) is 6.49. The maximum absolute atomic E-state index is 12.8. The van der Waals surface area contributed by atoms with Crippen molar-refractivity contribution in [1.29, 1.82) is 0 Å². The van der Waals surface area contributed by atoms with Crippen LogP contribution in [0.4, 0.5) is 0 Å². The molecule has 0 fully saturated rings. The number of carbonyl (C=O) groups is 2. The van der Waals surface area contributed by atoms with Gasteiger partial charge in [0.25, 0.3) is 5.91 Å². The van der Waals surface area contributed by atoms with Crippen molar-refractivity contribution in [1.82, 2.24) is 5.43 Å². The smallest absolute Gasteiger partial charge is 0.345 e. The van der Waals surface area contributed by atoms with E-state index in [-0.39, 0.29) is 16.3 Å². The number of benzene rings is 5. The first-order valence-corrected chi connectivity index (χ1v) is 13.0. The van der Waals surface area contributed by atoms with Crippen LogP contribution in [0.1, 0.15) is 31.8 Å². The van der Waals surface area contributed by atoms with Crippen molar-refractivity contribution in [3.8, 4) is 11.5 Å². The number of nitrogens with one attached hydrogen (secondary N) is 1. The molecule has 1 N–H and O–H groups in total. The number of halogens is 2. The van der Waals surface area contributed by atoms with Gasteiger partial charge in [-0.3, -0.25) is 4.79 Å². The molecular weight excluding hydrogens is 547 g/mol. The zero-order chi connectivity index (χ0) is 27.9. The summed E-state index contributed by atoms with van der Waals surface area (Å²) in [6.45, 7) is 0.376. The average molecular weight is 569 g/mol. The van der Waals surface area contributed by atoms with Crippen LogP contribution in [0.25, 0.3) is 10.8 Å². The van der Waals surface area contributed by atoms with E-state index in [2.05, 4.69) is 10.5 Å². The molecule has 5 aromatic rings. The van der Waals surface area contributed by atoms with E-state index < -0.39 is 11.9 Å². The number of rotatable bonds is 8. The summed E-state index contributed by atoms with van der Waals surface area (Å²) < 4.78 is 11.5.